The number of benzene rings is 2. The Morgan fingerprint density at radius 2 is 1.12 bits per heavy atom. The molecule has 32 N–H and O–H groups in total. The lowest BCUT2D eigenvalue weighted by molar-refractivity contribution is -0.142. The molecule has 2 aliphatic rings. The number of aromatic nitrogens is 2. The van der Waals surface area contributed by atoms with E-state index >= 15 is 28.8 Å². The number of aliphatic hydroxyl groups excluding tert-OH is 3. The Morgan fingerprint density at radius 1 is 0.559 bits per heavy atom. The molecule has 16 atom stereocenters. The van der Waals surface area contributed by atoms with Gasteiger partial charge in [0.2, 0.25) is 106 Å². The summed E-state index contributed by atoms with van der Waals surface area (Å²) in [6, 6.07) is -12.1. The Kier molecular flexibility index (Phi) is 55.1. The van der Waals surface area contributed by atoms with Gasteiger partial charge in [-0.15, -0.1) is 0 Å². The fourth-order valence-corrected chi connectivity index (χ4v) is 17.1. The van der Waals surface area contributed by atoms with Crippen molar-refractivity contribution >= 4 is 140 Å². The van der Waals surface area contributed by atoms with E-state index in [4.69, 9.17) is 52.7 Å². The van der Waals surface area contributed by atoms with Gasteiger partial charge in [-0.2, -0.15) is 0 Å². The van der Waals surface area contributed by atoms with Crippen LogP contribution in [0.15, 0.2) is 67.1 Å². The quantitative estimate of drug-likeness (QED) is 0.0108. The number of hydrogen-bond acceptors (Lipinski definition) is 31. The highest BCUT2D eigenvalue weighted by Gasteiger charge is 2.43. The Hall–Kier alpha value is -13.1. The molecule has 0 aliphatic carbocycles. The molecule has 3 heterocycles. The SMILES string of the molecule is CCOCCOCCOCCOCCC(=O)N[C@@H](Cc1cnc[nH]1)C(=O)N[C@@H](CCC(N)=O)C(=O)N[C@H](C(=O)N[C@H]1CSSC[C@@H](C(=O)N[C@@H](Cc2ccccc2)C(=O)N[C@@H](CO)C(=O)N[C@H](C(N)=O)[C@@H](C)O)NC(=O)[C@H](C(C)C)NC(=O)[C@@H]2CCCN2C(=O)[C@H](CCCNC(=N)N)NC(=O)CNC(=O)[C@H](CCCNC(=N)N)NC(=O)[C@H](Cc2ccc(O)cc2)NC(=O)[C@H](CO)NC(=O)[C@H](CC(C)C)NC1=O)C(C)C. The van der Waals surface area contributed by atoms with Gasteiger partial charge in [0, 0.05) is 81.7 Å². The lowest BCUT2D eigenvalue weighted by Crippen LogP contribution is -2.62. The number of amides is 18. The van der Waals surface area contributed by atoms with Gasteiger partial charge in [-0.1, -0.05) is 106 Å². The summed E-state index contributed by atoms with van der Waals surface area (Å²) in [6.45, 7) is 11.0. The van der Waals surface area contributed by atoms with E-state index in [0.717, 1.165) is 28.5 Å². The van der Waals surface area contributed by atoms with Crippen molar-refractivity contribution in [1.29, 1.82) is 10.8 Å². The molecule has 52 nitrogen and oxygen atoms in total. The normalized spacial score (nSPS) is 20.4. The Balaban J connectivity index is 1.68. The second-order valence-electron chi connectivity index (χ2n) is 35.4. The van der Waals surface area contributed by atoms with E-state index in [1.54, 1.807) is 44.2 Å². The highest BCUT2D eigenvalue weighted by molar-refractivity contribution is 8.76. The minimum absolute atomic E-state index is 0.00433. The monoisotopic (exact) mass is 2080 g/mol. The first-order valence-corrected chi connectivity index (χ1v) is 50.2. The van der Waals surface area contributed by atoms with E-state index in [2.05, 4.69) is 100 Å². The predicted molar refractivity (Wildman–Crippen MR) is 528 cm³/mol. The molecule has 2 aliphatic heterocycles. The minimum atomic E-state index is -1.98. The topological polar surface area (TPSA) is 813 Å². The summed E-state index contributed by atoms with van der Waals surface area (Å²) in [5.41, 5.74) is 23.2. The van der Waals surface area contributed by atoms with Crippen molar-refractivity contribution in [2.75, 3.05) is 104 Å². The van der Waals surface area contributed by atoms with E-state index < -0.39 is 283 Å². The van der Waals surface area contributed by atoms with Crippen LogP contribution in [0.25, 0.3) is 0 Å². The van der Waals surface area contributed by atoms with Gasteiger partial charge in [-0.05, 0) is 106 Å². The number of imidazole rings is 1. The molecule has 2 fully saturated rings. The molecule has 0 spiro atoms. The number of guanidine groups is 2. The van der Waals surface area contributed by atoms with Gasteiger partial charge in [0.1, 0.15) is 96.4 Å². The second kappa shape index (κ2) is 65.3. The van der Waals surface area contributed by atoms with Crippen molar-refractivity contribution in [3.63, 3.8) is 0 Å². The van der Waals surface area contributed by atoms with Crippen LogP contribution in [0, 0.1) is 28.6 Å². The third-order valence-electron chi connectivity index (χ3n) is 22.5. The first-order valence-electron chi connectivity index (χ1n) is 47.7. The first-order chi connectivity index (χ1) is 68.9. The lowest BCUT2D eigenvalue weighted by Gasteiger charge is -2.31. The fraction of sp³-hybridized carbons (Fsp3) is 0.615. The number of aromatic hydroxyl groups is 1. The number of phenolic OH excluding ortho intramolecular Hbond substituents is 1. The second-order valence-corrected chi connectivity index (χ2v) is 38.0. The number of ether oxygens (including phenoxy) is 4. The van der Waals surface area contributed by atoms with Gasteiger partial charge < -0.3 is 163 Å². The smallest absolute Gasteiger partial charge is 0.245 e. The molecule has 3 aromatic rings. The highest BCUT2D eigenvalue weighted by Crippen LogP contribution is 2.26. The highest BCUT2D eigenvalue weighted by atomic mass is 33.1. The van der Waals surface area contributed by atoms with Crippen LogP contribution in [0.4, 0.5) is 0 Å². The molecule has 145 heavy (non-hydrogen) atoms. The number of rotatable bonds is 51. The number of nitrogens with two attached hydrogens (primary N) is 4. The van der Waals surface area contributed by atoms with Crippen LogP contribution in [0.1, 0.15) is 136 Å². The van der Waals surface area contributed by atoms with Gasteiger partial charge in [0.25, 0.3) is 0 Å². The van der Waals surface area contributed by atoms with Crippen molar-refractivity contribution in [2.24, 2.45) is 40.7 Å². The predicted octanol–water partition coefficient (Wildman–Crippen LogP) is -8.09. The van der Waals surface area contributed by atoms with Crippen LogP contribution in [0.2, 0.25) is 0 Å². The average Bonchev–Trinajstić information content (AvgIpc) is 1.73. The molecule has 0 bridgehead atoms. The first kappa shape index (κ1) is 122. The number of primary amides is 2. The van der Waals surface area contributed by atoms with Crippen LogP contribution >= 0.6 is 21.6 Å². The molecular formula is C91H144N26O26S2. The Bertz CT molecular complexity index is 4740. The van der Waals surface area contributed by atoms with Crippen LogP contribution < -0.4 is 113 Å². The maximum absolute atomic E-state index is 15.5. The molecule has 5 rings (SSSR count). The summed E-state index contributed by atoms with van der Waals surface area (Å²) in [5, 5.41) is 101. The maximum atomic E-state index is 15.5. The van der Waals surface area contributed by atoms with Gasteiger partial charge in [-0.3, -0.25) is 97.1 Å². The fourth-order valence-electron chi connectivity index (χ4n) is 14.8. The summed E-state index contributed by atoms with van der Waals surface area (Å²) in [5.74, 6) is -23.5. The summed E-state index contributed by atoms with van der Waals surface area (Å²) in [4.78, 5) is 269. The molecule has 0 unspecified atom stereocenters. The Morgan fingerprint density at radius 3 is 1.69 bits per heavy atom. The number of carbonyl (C=O) groups is 18. The maximum Gasteiger partial charge on any atom is 0.245 e. The number of H-pyrrole nitrogens is 1. The summed E-state index contributed by atoms with van der Waals surface area (Å²) in [7, 11) is 1.47. The largest absolute Gasteiger partial charge is 0.508 e. The van der Waals surface area contributed by atoms with Crippen molar-refractivity contribution in [3.05, 3.63) is 83.9 Å². The lowest BCUT2D eigenvalue weighted by atomic mass is 10.0. The van der Waals surface area contributed by atoms with Crippen LogP contribution in [0.3, 0.4) is 0 Å². The van der Waals surface area contributed by atoms with E-state index in [1.807, 2.05) is 6.92 Å². The molecule has 0 radical (unpaired) electrons. The molecule has 806 valence electrons. The molecule has 18 amide bonds. The molecule has 2 aromatic carbocycles. The standard InChI is InChI=1S/C91H144N26O26S2/c1-9-140-32-33-142-36-37-143-35-34-141-31-27-70(123)104-63(41-55-42-98-48-102-55)81(131)106-58(25-26-69(92)122)77(127)114-72(50(4)5)87(137)112-66-46-144-145-47-67(85(135)109-61(39-53-16-11-10-12-17-53)80(130)111-65(45-119)83(133)116-74(52(8)120)75(93)125)113-88(138)73(51(6)7)115-86(136)68-20-15-30-117(68)89(139)59(19-14-29-100-91(96)97)103-71(124)43-101-76(126)57(18-13-28-99-90(94)95)105-79(129)62(40-54-21-23-56(121)24-22-54)108-82(132)64(44-118)110-78(128)60(38-49(2)3)107-84(66)134/h10-12,16-17,21-24,42,48-52,57-68,72-74,118-121H,9,13-15,18-20,25-41,43-47H2,1-8H3,(H2,92,122)(H2,93,125)(H,98,102)(H,101,126)(H,103,124)(H,104,123)(H,105,129)(H,106,131)(H,107,134)(H,108,132)(H,109,135)(H,110,128)(H,111,130)(H,112,137)(H,113,138)(H,114,127)(H,115,136)(H,116,133)(H4,94,95,99)(H4,96,97,100)/t52-,57+,58+,59+,60+,61+,62+,63+,64+,65+,66+,67+,68+,72+,73+,74+/m1/s1. The third kappa shape index (κ3) is 45.4. The zero-order valence-corrected chi connectivity index (χ0v) is 84.3. The van der Waals surface area contributed by atoms with Crippen molar-refractivity contribution in [1.82, 2.24) is 105 Å². The number of aliphatic hydroxyl groups is 3. The van der Waals surface area contributed by atoms with Gasteiger partial charge in [0.05, 0.1) is 78.4 Å². The molecule has 2 saturated heterocycles. The van der Waals surface area contributed by atoms with Gasteiger partial charge >= 0.3 is 0 Å². The Labute approximate surface area is 847 Å². The van der Waals surface area contributed by atoms with E-state index in [1.165, 1.54) is 69.4 Å². The zero-order valence-electron chi connectivity index (χ0n) is 82.6. The number of nitrogens with one attached hydrogen (secondary N) is 20. The van der Waals surface area contributed by atoms with Crippen molar-refractivity contribution in [3.8, 4) is 5.75 Å². The zero-order chi connectivity index (χ0) is 107. The van der Waals surface area contributed by atoms with E-state index in [9.17, 15) is 78.0 Å². The minimum Gasteiger partial charge on any atom is -0.508 e. The third-order valence-corrected chi connectivity index (χ3v) is 25.0. The van der Waals surface area contributed by atoms with Gasteiger partial charge in [-0.25, -0.2) is 4.98 Å². The van der Waals surface area contributed by atoms with Crippen LogP contribution in [0.5, 0.6) is 5.75 Å². The number of nitrogens with zero attached hydrogens (tertiary/aromatic N) is 2. The van der Waals surface area contributed by atoms with Gasteiger partial charge in [0.15, 0.2) is 11.9 Å². The molecule has 1 aromatic heterocycles. The average molecular weight is 2080 g/mol. The van der Waals surface area contributed by atoms with Crippen molar-refractivity contribution in [2.45, 2.75) is 236 Å². The number of aromatic amines is 1. The number of carbonyl (C=O) groups excluding carboxylic acids is 18. The summed E-state index contributed by atoms with van der Waals surface area (Å²) in [6.07, 6.45) is -1.64. The van der Waals surface area contributed by atoms with Crippen LogP contribution in [-0.2, 0) is 125 Å². The summed E-state index contributed by atoms with van der Waals surface area (Å²) < 4.78 is 21.8. The number of hydrogen-bond donors (Lipinski definition) is 28. The van der Waals surface area contributed by atoms with Crippen LogP contribution in [-0.4, -0.2) is 354 Å². The number of fused-ring (bicyclic) bond motifs is 1. The molecular weight excluding hydrogens is 1940 g/mol. The van der Waals surface area contributed by atoms with Crippen molar-refractivity contribution < 1.29 is 126 Å². The molecule has 54 heteroatoms. The number of phenols is 1. The molecule has 0 saturated carbocycles. The van der Waals surface area contributed by atoms with E-state index in [0.29, 0.717) is 43.2 Å². The summed E-state index contributed by atoms with van der Waals surface area (Å²) >= 11 is 0. The van der Waals surface area contributed by atoms with E-state index in [-0.39, 0.29) is 116 Å².